The summed E-state index contributed by atoms with van der Waals surface area (Å²) in [6, 6.07) is 0. The van der Waals surface area contributed by atoms with Crippen molar-refractivity contribution in [3.8, 4) is 0 Å². The summed E-state index contributed by atoms with van der Waals surface area (Å²) < 4.78 is 0. The fourth-order valence-electron chi connectivity index (χ4n) is 0.362. The van der Waals surface area contributed by atoms with Crippen molar-refractivity contribution in [2.24, 2.45) is 0 Å². The Kier molecular flexibility index (Phi) is 2.97. The Morgan fingerprint density at radius 1 is 1.38 bits per heavy atom. The first-order valence-electron chi connectivity index (χ1n) is 2.47. The molecule has 49 valence electrons. The van der Waals surface area contributed by atoms with E-state index in [0.717, 1.165) is 0 Å². The summed E-state index contributed by atoms with van der Waals surface area (Å²) in [5.74, 6) is -1.86. The molecule has 0 aliphatic carbocycles. The highest BCUT2D eigenvalue weighted by Crippen LogP contribution is 2.04. The van der Waals surface area contributed by atoms with E-state index in [4.69, 9.17) is 15.3 Å². The zero-order chi connectivity index (χ0) is 6.62. The van der Waals surface area contributed by atoms with Crippen LogP contribution in [0.25, 0.3) is 0 Å². The molecule has 0 heterocycles. The van der Waals surface area contributed by atoms with E-state index in [2.05, 4.69) is 6.92 Å². The lowest BCUT2D eigenvalue weighted by Gasteiger charge is -2.13. The van der Waals surface area contributed by atoms with Crippen LogP contribution in [0.2, 0.25) is 0 Å². The van der Waals surface area contributed by atoms with Gasteiger partial charge in [0.05, 0.1) is 0 Å². The minimum Gasteiger partial charge on any atom is -0.396 e. The zero-order valence-corrected chi connectivity index (χ0v) is 4.67. The standard InChI is InChI=1S/C5H11O3/c1-5(7,8)3-2-4-6/h6-8H,1-4H2. The lowest BCUT2D eigenvalue weighted by Crippen LogP contribution is -2.23. The molecule has 1 radical (unpaired) electrons. The van der Waals surface area contributed by atoms with Crippen molar-refractivity contribution in [1.82, 2.24) is 0 Å². The molecule has 0 aliphatic heterocycles. The van der Waals surface area contributed by atoms with E-state index in [9.17, 15) is 0 Å². The second-order valence-corrected chi connectivity index (χ2v) is 1.81. The largest absolute Gasteiger partial charge is 0.396 e. The van der Waals surface area contributed by atoms with Gasteiger partial charge < -0.3 is 15.3 Å². The third-order valence-corrected chi connectivity index (χ3v) is 0.735. The molecule has 0 spiro atoms. The van der Waals surface area contributed by atoms with Gasteiger partial charge in [0, 0.05) is 20.0 Å². The highest BCUT2D eigenvalue weighted by Gasteiger charge is 2.12. The first-order chi connectivity index (χ1) is 3.56. The van der Waals surface area contributed by atoms with Crippen molar-refractivity contribution in [3.05, 3.63) is 6.92 Å². The molecule has 0 aromatic rings. The molecule has 3 N–H and O–H groups in total. The van der Waals surface area contributed by atoms with E-state index < -0.39 is 5.79 Å². The average molecular weight is 119 g/mol. The number of hydrogen-bond donors (Lipinski definition) is 3. The third kappa shape index (κ3) is 5.88. The van der Waals surface area contributed by atoms with Crippen LogP contribution in [0.3, 0.4) is 0 Å². The Hall–Kier alpha value is -0.120. The molecule has 0 amide bonds. The van der Waals surface area contributed by atoms with Crippen molar-refractivity contribution in [3.63, 3.8) is 0 Å². The van der Waals surface area contributed by atoms with Gasteiger partial charge in [-0.2, -0.15) is 0 Å². The van der Waals surface area contributed by atoms with Gasteiger partial charge in [0.25, 0.3) is 0 Å². The fraction of sp³-hybridized carbons (Fsp3) is 0.800. The Balaban J connectivity index is 3.11. The molecule has 0 saturated heterocycles. The van der Waals surface area contributed by atoms with Crippen LogP contribution in [-0.2, 0) is 0 Å². The summed E-state index contributed by atoms with van der Waals surface area (Å²) in [6.07, 6.45) is 0.486. The summed E-state index contributed by atoms with van der Waals surface area (Å²) in [5, 5.41) is 25.1. The number of hydrogen-bond acceptors (Lipinski definition) is 3. The smallest absolute Gasteiger partial charge is 0.162 e. The van der Waals surface area contributed by atoms with Gasteiger partial charge in [0.15, 0.2) is 5.79 Å². The Labute approximate surface area is 48.6 Å². The molecule has 3 heteroatoms. The highest BCUT2D eigenvalue weighted by atomic mass is 16.5. The van der Waals surface area contributed by atoms with Crippen LogP contribution in [0.5, 0.6) is 0 Å². The SMILES string of the molecule is [CH2]C(O)(O)CCCO. The molecule has 0 aromatic carbocycles. The van der Waals surface area contributed by atoms with Crippen LogP contribution in [0.4, 0.5) is 0 Å². The van der Waals surface area contributed by atoms with Crippen molar-refractivity contribution in [2.75, 3.05) is 6.61 Å². The number of rotatable bonds is 3. The van der Waals surface area contributed by atoms with Gasteiger partial charge in [-0.15, -0.1) is 0 Å². The zero-order valence-electron chi connectivity index (χ0n) is 4.67. The average Bonchev–Trinajstić information content (AvgIpc) is 1.59. The predicted molar refractivity (Wildman–Crippen MR) is 28.8 cm³/mol. The first-order valence-corrected chi connectivity index (χ1v) is 2.47. The Bertz CT molecular complexity index is 55.2. The fourth-order valence-corrected chi connectivity index (χ4v) is 0.362. The highest BCUT2D eigenvalue weighted by molar-refractivity contribution is 4.65. The Morgan fingerprint density at radius 2 is 1.88 bits per heavy atom. The molecule has 0 unspecified atom stereocenters. The maximum Gasteiger partial charge on any atom is 0.162 e. The van der Waals surface area contributed by atoms with Crippen molar-refractivity contribution in [2.45, 2.75) is 18.6 Å². The van der Waals surface area contributed by atoms with Gasteiger partial charge >= 0.3 is 0 Å². The molecule has 0 aliphatic rings. The Morgan fingerprint density at radius 3 is 2.00 bits per heavy atom. The maximum absolute atomic E-state index is 8.48. The molecule has 0 saturated carbocycles. The van der Waals surface area contributed by atoms with Crippen molar-refractivity contribution >= 4 is 0 Å². The lowest BCUT2D eigenvalue weighted by molar-refractivity contribution is -0.128. The van der Waals surface area contributed by atoms with Crippen molar-refractivity contribution in [1.29, 1.82) is 0 Å². The van der Waals surface area contributed by atoms with Gasteiger partial charge in [-0.3, -0.25) is 0 Å². The molecular formula is C5H11O3. The molecule has 0 bridgehead atoms. The molecule has 0 aromatic heterocycles. The second kappa shape index (κ2) is 3.02. The molecule has 3 nitrogen and oxygen atoms in total. The molecule has 0 atom stereocenters. The number of aliphatic hydroxyl groups is 3. The van der Waals surface area contributed by atoms with Crippen molar-refractivity contribution < 1.29 is 15.3 Å². The summed E-state index contributed by atoms with van der Waals surface area (Å²) in [4.78, 5) is 0. The first kappa shape index (κ1) is 7.88. The molecular weight excluding hydrogens is 108 g/mol. The van der Waals surface area contributed by atoms with Crippen LogP contribution < -0.4 is 0 Å². The van der Waals surface area contributed by atoms with Gasteiger partial charge in [-0.05, 0) is 6.42 Å². The van der Waals surface area contributed by atoms with Gasteiger partial charge in [0.2, 0.25) is 0 Å². The van der Waals surface area contributed by atoms with Crippen LogP contribution in [0, 0.1) is 6.92 Å². The quantitative estimate of drug-likeness (QED) is 0.429. The van der Waals surface area contributed by atoms with Gasteiger partial charge in [-0.1, -0.05) is 0 Å². The lowest BCUT2D eigenvalue weighted by atomic mass is 10.2. The van der Waals surface area contributed by atoms with E-state index in [1.165, 1.54) is 0 Å². The third-order valence-electron chi connectivity index (χ3n) is 0.735. The van der Waals surface area contributed by atoms with E-state index >= 15 is 0 Å². The van der Waals surface area contributed by atoms with Crippen LogP contribution in [0.1, 0.15) is 12.8 Å². The minimum absolute atomic E-state index is 0.0294. The predicted octanol–water partition coefficient (Wildman–Crippen LogP) is -0.726. The summed E-state index contributed by atoms with van der Waals surface area (Å²) in [5.41, 5.74) is 0. The van der Waals surface area contributed by atoms with Crippen LogP contribution in [-0.4, -0.2) is 27.7 Å². The molecule has 8 heavy (non-hydrogen) atoms. The van der Waals surface area contributed by atoms with Gasteiger partial charge in [-0.25, -0.2) is 0 Å². The van der Waals surface area contributed by atoms with Crippen LogP contribution in [0.15, 0.2) is 0 Å². The monoisotopic (exact) mass is 119 g/mol. The normalized spacial score (nSPS) is 12.0. The summed E-state index contributed by atoms with van der Waals surface area (Å²) in [6.45, 7) is 2.98. The molecule has 0 fully saturated rings. The summed E-state index contributed by atoms with van der Waals surface area (Å²) in [7, 11) is 0. The van der Waals surface area contributed by atoms with E-state index in [0.29, 0.717) is 6.42 Å². The topological polar surface area (TPSA) is 60.7 Å². The second-order valence-electron chi connectivity index (χ2n) is 1.81. The minimum atomic E-state index is -1.86. The summed E-state index contributed by atoms with van der Waals surface area (Å²) >= 11 is 0. The van der Waals surface area contributed by atoms with E-state index in [-0.39, 0.29) is 13.0 Å². The van der Waals surface area contributed by atoms with E-state index in [1.54, 1.807) is 0 Å². The van der Waals surface area contributed by atoms with E-state index in [1.807, 2.05) is 0 Å². The van der Waals surface area contributed by atoms with Crippen LogP contribution >= 0.6 is 0 Å². The van der Waals surface area contributed by atoms with Gasteiger partial charge in [0.1, 0.15) is 0 Å². The maximum atomic E-state index is 8.48. The molecule has 0 rings (SSSR count). The number of aliphatic hydroxyl groups excluding tert-OH is 1.